The highest BCUT2D eigenvalue weighted by Gasteiger charge is 2.22. The van der Waals surface area contributed by atoms with Crippen molar-refractivity contribution in [3.63, 3.8) is 0 Å². The number of hydrogen-bond acceptors (Lipinski definition) is 3. The topological polar surface area (TPSA) is 15.3 Å². The first-order valence-electron chi connectivity index (χ1n) is 5.73. The van der Waals surface area contributed by atoms with E-state index >= 15 is 0 Å². The van der Waals surface area contributed by atoms with Crippen LogP contribution in [0.5, 0.6) is 0 Å². The van der Waals surface area contributed by atoms with Crippen LogP contribution in [0.1, 0.15) is 19.8 Å². The van der Waals surface area contributed by atoms with Crippen molar-refractivity contribution in [2.24, 2.45) is 5.92 Å². The van der Waals surface area contributed by atoms with Crippen molar-refractivity contribution >= 4 is 17.0 Å². The van der Waals surface area contributed by atoms with Crippen LogP contribution in [0.25, 0.3) is 0 Å². The van der Waals surface area contributed by atoms with E-state index in [1.807, 2.05) is 0 Å². The van der Waals surface area contributed by atoms with Crippen molar-refractivity contribution < 1.29 is 0 Å². The minimum atomic E-state index is 0.586. The van der Waals surface area contributed by atoms with Crippen LogP contribution in [0.4, 0.5) is 5.69 Å². The summed E-state index contributed by atoms with van der Waals surface area (Å²) in [7, 11) is 2.23. The normalized spacial score (nSPS) is 25.1. The van der Waals surface area contributed by atoms with Crippen molar-refractivity contribution in [3.05, 3.63) is 16.8 Å². The van der Waals surface area contributed by atoms with Crippen LogP contribution in [0.3, 0.4) is 0 Å². The van der Waals surface area contributed by atoms with Gasteiger partial charge in [-0.1, -0.05) is 0 Å². The summed E-state index contributed by atoms with van der Waals surface area (Å²) < 4.78 is 0. The van der Waals surface area contributed by atoms with E-state index in [4.69, 9.17) is 0 Å². The van der Waals surface area contributed by atoms with Gasteiger partial charge in [0.15, 0.2) is 0 Å². The second-order valence-corrected chi connectivity index (χ2v) is 5.39. The zero-order chi connectivity index (χ0) is 10.7. The lowest BCUT2D eigenvalue weighted by Gasteiger charge is -2.34. The van der Waals surface area contributed by atoms with Gasteiger partial charge in [0.25, 0.3) is 0 Å². The van der Waals surface area contributed by atoms with Gasteiger partial charge in [0.2, 0.25) is 0 Å². The molecule has 1 aromatic rings. The molecule has 0 spiro atoms. The third kappa shape index (κ3) is 2.95. The first-order valence-corrected chi connectivity index (χ1v) is 6.67. The Morgan fingerprint density at radius 2 is 2.47 bits per heavy atom. The van der Waals surface area contributed by atoms with E-state index in [2.05, 4.69) is 41.0 Å². The fourth-order valence-electron chi connectivity index (χ4n) is 2.34. The van der Waals surface area contributed by atoms with Gasteiger partial charge in [-0.2, -0.15) is 11.3 Å². The van der Waals surface area contributed by atoms with E-state index in [-0.39, 0.29) is 0 Å². The smallest absolute Gasteiger partial charge is 0.0450 e. The molecule has 0 aromatic carbocycles. The molecule has 2 nitrogen and oxygen atoms in total. The van der Waals surface area contributed by atoms with E-state index in [9.17, 15) is 0 Å². The average molecular weight is 224 g/mol. The van der Waals surface area contributed by atoms with Gasteiger partial charge in [-0.25, -0.2) is 0 Å². The van der Waals surface area contributed by atoms with Gasteiger partial charge in [-0.05, 0) is 50.7 Å². The molecule has 1 fully saturated rings. The number of likely N-dealkylation sites (tertiary alicyclic amines) is 1. The molecule has 84 valence electrons. The monoisotopic (exact) mass is 224 g/mol. The Morgan fingerprint density at radius 3 is 3.13 bits per heavy atom. The maximum Gasteiger partial charge on any atom is 0.0450 e. The highest BCUT2D eigenvalue weighted by molar-refractivity contribution is 7.08. The number of nitrogens with one attached hydrogen (secondary N) is 1. The van der Waals surface area contributed by atoms with Gasteiger partial charge >= 0.3 is 0 Å². The summed E-state index contributed by atoms with van der Waals surface area (Å²) in [5, 5.41) is 7.91. The Kier molecular flexibility index (Phi) is 3.65. The molecule has 1 N–H and O–H groups in total. The zero-order valence-corrected chi connectivity index (χ0v) is 10.4. The lowest BCUT2D eigenvalue weighted by Crippen LogP contribution is -2.39. The molecule has 0 radical (unpaired) electrons. The molecule has 2 heterocycles. The van der Waals surface area contributed by atoms with E-state index in [1.54, 1.807) is 11.3 Å². The number of rotatable bonds is 3. The lowest BCUT2D eigenvalue weighted by atomic mass is 9.92. The van der Waals surface area contributed by atoms with Gasteiger partial charge in [0.1, 0.15) is 0 Å². The van der Waals surface area contributed by atoms with Gasteiger partial charge in [-0.3, -0.25) is 0 Å². The Bertz CT molecular complexity index is 284. The molecule has 1 aromatic heterocycles. The fraction of sp³-hybridized carbons (Fsp3) is 0.667. The number of hydrogen-bond donors (Lipinski definition) is 1. The minimum Gasteiger partial charge on any atom is -0.382 e. The van der Waals surface area contributed by atoms with E-state index in [1.165, 1.54) is 31.6 Å². The predicted octanol–water partition coefficient (Wildman–Crippen LogP) is 2.89. The summed E-state index contributed by atoms with van der Waals surface area (Å²) in [6.07, 6.45) is 2.71. The van der Waals surface area contributed by atoms with E-state index in [0.29, 0.717) is 6.04 Å². The quantitative estimate of drug-likeness (QED) is 0.849. The molecule has 1 aliphatic heterocycles. The second kappa shape index (κ2) is 4.99. The Balaban J connectivity index is 1.87. The van der Waals surface area contributed by atoms with Crippen molar-refractivity contribution in [2.45, 2.75) is 25.8 Å². The molecule has 0 aliphatic carbocycles. The van der Waals surface area contributed by atoms with Gasteiger partial charge in [0, 0.05) is 23.7 Å². The van der Waals surface area contributed by atoms with Gasteiger partial charge in [0.05, 0.1) is 0 Å². The third-order valence-corrected chi connectivity index (χ3v) is 3.97. The van der Waals surface area contributed by atoms with Gasteiger partial charge < -0.3 is 10.2 Å². The summed E-state index contributed by atoms with van der Waals surface area (Å²) in [6.45, 7) is 4.81. The SMILES string of the molecule is CC(Nc1ccsc1)C1CCCN(C)C1. The van der Waals surface area contributed by atoms with E-state index in [0.717, 1.165) is 5.92 Å². The highest BCUT2D eigenvalue weighted by Crippen LogP contribution is 2.22. The lowest BCUT2D eigenvalue weighted by molar-refractivity contribution is 0.197. The number of piperidine rings is 1. The van der Waals surface area contributed by atoms with Crippen LogP contribution < -0.4 is 5.32 Å². The highest BCUT2D eigenvalue weighted by atomic mass is 32.1. The van der Waals surface area contributed by atoms with Crippen molar-refractivity contribution in [1.29, 1.82) is 0 Å². The average Bonchev–Trinajstić information content (AvgIpc) is 2.70. The molecule has 2 unspecified atom stereocenters. The molecule has 1 saturated heterocycles. The molecule has 0 saturated carbocycles. The molecule has 0 amide bonds. The van der Waals surface area contributed by atoms with Crippen molar-refractivity contribution in [3.8, 4) is 0 Å². The molecule has 0 bridgehead atoms. The summed E-state index contributed by atoms with van der Waals surface area (Å²) in [5.41, 5.74) is 1.28. The molecular weight excluding hydrogens is 204 g/mol. The van der Waals surface area contributed by atoms with Crippen LogP contribution >= 0.6 is 11.3 Å². The van der Waals surface area contributed by atoms with Crippen LogP contribution in [0, 0.1) is 5.92 Å². The number of nitrogens with zero attached hydrogens (tertiary/aromatic N) is 1. The number of thiophene rings is 1. The van der Waals surface area contributed by atoms with Crippen molar-refractivity contribution in [2.75, 3.05) is 25.5 Å². The predicted molar refractivity (Wildman–Crippen MR) is 67.6 cm³/mol. The van der Waals surface area contributed by atoms with Crippen molar-refractivity contribution in [1.82, 2.24) is 4.90 Å². The first kappa shape index (κ1) is 11.0. The maximum atomic E-state index is 3.60. The third-order valence-electron chi connectivity index (χ3n) is 3.28. The Morgan fingerprint density at radius 1 is 1.60 bits per heavy atom. The second-order valence-electron chi connectivity index (χ2n) is 4.61. The molecule has 1 aliphatic rings. The minimum absolute atomic E-state index is 0.586. The largest absolute Gasteiger partial charge is 0.382 e. The first-order chi connectivity index (χ1) is 7.25. The summed E-state index contributed by atoms with van der Waals surface area (Å²) in [5.74, 6) is 0.795. The number of anilines is 1. The standard InChI is InChI=1S/C12H20N2S/c1-10(13-12-5-7-15-9-12)11-4-3-6-14(2)8-11/h5,7,9-11,13H,3-4,6,8H2,1-2H3. The fourth-order valence-corrected chi connectivity index (χ4v) is 2.94. The Hall–Kier alpha value is -0.540. The summed E-state index contributed by atoms with van der Waals surface area (Å²) in [6, 6.07) is 2.75. The van der Waals surface area contributed by atoms with Crippen LogP contribution in [0.15, 0.2) is 16.8 Å². The summed E-state index contributed by atoms with van der Waals surface area (Å²) in [4.78, 5) is 2.44. The van der Waals surface area contributed by atoms with Crippen LogP contribution in [-0.2, 0) is 0 Å². The summed E-state index contributed by atoms with van der Waals surface area (Å²) >= 11 is 1.76. The van der Waals surface area contributed by atoms with E-state index < -0.39 is 0 Å². The molecule has 2 rings (SSSR count). The Labute approximate surface area is 96.3 Å². The zero-order valence-electron chi connectivity index (χ0n) is 9.57. The van der Waals surface area contributed by atoms with Crippen LogP contribution in [0.2, 0.25) is 0 Å². The molecule has 2 atom stereocenters. The van der Waals surface area contributed by atoms with Crippen LogP contribution in [-0.4, -0.2) is 31.1 Å². The molecule has 15 heavy (non-hydrogen) atoms. The molecule has 3 heteroatoms. The van der Waals surface area contributed by atoms with Gasteiger partial charge in [-0.15, -0.1) is 0 Å². The maximum absolute atomic E-state index is 3.60. The molecular formula is C12H20N2S.